The van der Waals surface area contributed by atoms with Crippen molar-refractivity contribution >= 4 is 22.8 Å². The molecule has 0 aliphatic heterocycles. The number of thioether (sulfide) groups is 1. The van der Waals surface area contributed by atoms with Crippen molar-refractivity contribution in [1.82, 2.24) is 29.7 Å². The lowest BCUT2D eigenvalue weighted by atomic mass is 10.2. The van der Waals surface area contributed by atoms with Gasteiger partial charge in [-0.1, -0.05) is 29.1 Å². The second-order valence-corrected chi connectivity index (χ2v) is 9.41. The molecule has 11 heteroatoms. The molecule has 2 aliphatic carbocycles. The number of nitrogens with zero attached hydrogens (tertiary/aromatic N) is 5. The highest BCUT2D eigenvalue weighted by atomic mass is 32.2. The second-order valence-electron chi connectivity index (χ2n) is 8.45. The molecule has 0 amide bonds. The molecule has 1 N–H and O–H groups in total. The third-order valence-corrected chi connectivity index (χ3v) is 6.81. The quantitative estimate of drug-likeness (QED) is 0.299. The number of nitrogens with one attached hydrogen (secondary N) is 1. The number of para-hydroxylation sites is 1. The van der Waals surface area contributed by atoms with Crippen LogP contribution < -0.4 is 16.0 Å². The first-order valence-electron chi connectivity index (χ1n) is 11.4. The Bertz CT molecular complexity index is 1500. The molecular weight excluding hydrogens is 456 g/mol. The van der Waals surface area contributed by atoms with E-state index in [2.05, 4.69) is 20.1 Å². The first-order chi connectivity index (χ1) is 16.6. The lowest BCUT2D eigenvalue weighted by molar-refractivity contribution is 0.341. The van der Waals surface area contributed by atoms with Gasteiger partial charge in [0.05, 0.1) is 17.9 Å². The van der Waals surface area contributed by atoms with Gasteiger partial charge in [0, 0.05) is 12.0 Å². The summed E-state index contributed by atoms with van der Waals surface area (Å²) >= 11 is 1.33. The minimum atomic E-state index is -0.474. The summed E-state index contributed by atoms with van der Waals surface area (Å²) in [5.41, 5.74) is 0.287. The summed E-state index contributed by atoms with van der Waals surface area (Å²) in [5, 5.41) is 4.97. The molecule has 3 heterocycles. The predicted octanol–water partition coefficient (Wildman–Crippen LogP) is 3.43. The molecule has 10 nitrogen and oxygen atoms in total. The zero-order valence-electron chi connectivity index (χ0n) is 18.5. The van der Waals surface area contributed by atoms with Crippen molar-refractivity contribution in [2.24, 2.45) is 0 Å². The number of H-pyrrole nitrogens is 1. The van der Waals surface area contributed by atoms with E-state index in [1.807, 2.05) is 31.2 Å². The van der Waals surface area contributed by atoms with E-state index >= 15 is 0 Å². The summed E-state index contributed by atoms with van der Waals surface area (Å²) in [4.78, 5) is 41.6. The molecular formula is C23H22N6O4S. The summed E-state index contributed by atoms with van der Waals surface area (Å²) in [7, 11) is 0. The number of aromatic amines is 1. The molecule has 4 aromatic rings. The highest BCUT2D eigenvalue weighted by Crippen LogP contribution is 2.41. The van der Waals surface area contributed by atoms with E-state index in [4.69, 9.17) is 14.2 Å². The molecule has 1 aromatic carbocycles. The van der Waals surface area contributed by atoms with Gasteiger partial charge >= 0.3 is 5.69 Å². The standard InChI is InChI=1S/C23H22N6O4S/c1-2-32-15-6-4-3-5-14(15)19-24-16(33-28-19)11-34-22-17-20(25-18(26-22)12-7-8-12)29(13-9-10-13)23(31)27-21(17)30/h3-6,12-13H,2,7-11H2,1H3,(H,27,30,31). The van der Waals surface area contributed by atoms with E-state index in [0.717, 1.165) is 31.2 Å². The van der Waals surface area contributed by atoms with E-state index in [1.165, 1.54) is 11.8 Å². The fraction of sp³-hybridized carbons (Fsp3) is 0.391. The summed E-state index contributed by atoms with van der Waals surface area (Å²) in [5.74, 6) is 2.80. The van der Waals surface area contributed by atoms with Crippen molar-refractivity contribution in [1.29, 1.82) is 0 Å². The molecule has 3 aromatic heterocycles. The fourth-order valence-corrected chi connectivity index (χ4v) is 4.78. The number of hydrogen-bond donors (Lipinski definition) is 1. The van der Waals surface area contributed by atoms with Crippen LogP contribution in [0.3, 0.4) is 0 Å². The predicted molar refractivity (Wildman–Crippen MR) is 125 cm³/mol. The molecule has 2 fully saturated rings. The molecule has 0 atom stereocenters. The second kappa shape index (κ2) is 8.39. The highest BCUT2D eigenvalue weighted by molar-refractivity contribution is 7.98. The zero-order chi connectivity index (χ0) is 23.2. The number of ether oxygens (including phenoxy) is 1. The van der Waals surface area contributed by atoms with Gasteiger partial charge < -0.3 is 9.26 Å². The van der Waals surface area contributed by atoms with Crippen LogP contribution in [0.1, 0.15) is 56.3 Å². The van der Waals surface area contributed by atoms with Crippen LogP contribution in [-0.2, 0) is 5.75 Å². The van der Waals surface area contributed by atoms with Crippen LogP contribution in [0.25, 0.3) is 22.4 Å². The summed E-state index contributed by atoms with van der Waals surface area (Å²) in [6, 6.07) is 7.60. The monoisotopic (exact) mass is 478 g/mol. The third-order valence-electron chi connectivity index (χ3n) is 5.85. The average molecular weight is 479 g/mol. The van der Waals surface area contributed by atoms with E-state index < -0.39 is 11.2 Å². The van der Waals surface area contributed by atoms with Crippen LogP contribution in [0.2, 0.25) is 0 Å². The van der Waals surface area contributed by atoms with E-state index in [-0.39, 0.29) is 12.0 Å². The first-order valence-corrected chi connectivity index (χ1v) is 12.3. The molecule has 0 bridgehead atoms. The number of benzene rings is 1. The van der Waals surface area contributed by atoms with Crippen LogP contribution in [0.4, 0.5) is 0 Å². The maximum Gasteiger partial charge on any atom is 0.330 e. The summed E-state index contributed by atoms with van der Waals surface area (Å²) in [6.45, 7) is 2.45. The Labute approximate surface area is 197 Å². The highest BCUT2D eigenvalue weighted by Gasteiger charge is 2.32. The van der Waals surface area contributed by atoms with Gasteiger partial charge in [-0.05, 0) is 44.7 Å². The van der Waals surface area contributed by atoms with Crippen molar-refractivity contribution in [3.63, 3.8) is 0 Å². The van der Waals surface area contributed by atoms with Gasteiger partial charge in [0.25, 0.3) is 5.56 Å². The maximum atomic E-state index is 12.8. The molecule has 2 saturated carbocycles. The molecule has 2 aliphatic rings. The lowest BCUT2D eigenvalue weighted by Gasteiger charge is -2.11. The summed E-state index contributed by atoms with van der Waals surface area (Å²) in [6.07, 6.45) is 3.83. The molecule has 6 rings (SSSR count). The van der Waals surface area contributed by atoms with Crippen LogP contribution in [0.5, 0.6) is 5.75 Å². The molecule has 174 valence electrons. The van der Waals surface area contributed by atoms with Gasteiger partial charge in [0.15, 0.2) is 5.65 Å². The van der Waals surface area contributed by atoms with Crippen LogP contribution in [-0.4, -0.2) is 36.3 Å². The van der Waals surface area contributed by atoms with Crippen molar-refractivity contribution in [2.75, 3.05) is 6.61 Å². The minimum Gasteiger partial charge on any atom is -0.493 e. The lowest BCUT2D eigenvalue weighted by Crippen LogP contribution is -2.31. The van der Waals surface area contributed by atoms with Crippen LogP contribution >= 0.6 is 11.8 Å². The van der Waals surface area contributed by atoms with E-state index in [9.17, 15) is 9.59 Å². The van der Waals surface area contributed by atoms with E-state index in [0.29, 0.717) is 51.7 Å². The average Bonchev–Trinajstić information content (AvgIpc) is 3.76. The Kier molecular flexibility index (Phi) is 5.20. The largest absolute Gasteiger partial charge is 0.493 e. The smallest absolute Gasteiger partial charge is 0.330 e. The summed E-state index contributed by atoms with van der Waals surface area (Å²) < 4.78 is 12.8. The number of rotatable bonds is 8. The molecule has 0 unspecified atom stereocenters. The Hall–Kier alpha value is -3.47. The van der Waals surface area contributed by atoms with Gasteiger partial charge in [0.2, 0.25) is 11.7 Å². The van der Waals surface area contributed by atoms with Gasteiger partial charge in [-0.3, -0.25) is 14.3 Å². The molecule has 0 spiro atoms. The van der Waals surface area contributed by atoms with Crippen molar-refractivity contribution in [3.05, 3.63) is 56.8 Å². The van der Waals surface area contributed by atoms with E-state index in [1.54, 1.807) is 4.57 Å². The van der Waals surface area contributed by atoms with Crippen LogP contribution in [0, 0.1) is 0 Å². The van der Waals surface area contributed by atoms with Gasteiger partial charge in [0.1, 0.15) is 22.0 Å². The van der Waals surface area contributed by atoms with Gasteiger partial charge in [-0.15, -0.1) is 0 Å². The number of hydrogen-bond acceptors (Lipinski definition) is 9. The first kappa shape index (κ1) is 21.1. The van der Waals surface area contributed by atoms with Crippen LogP contribution in [0.15, 0.2) is 43.4 Å². The molecule has 0 radical (unpaired) electrons. The van der Waals surface area contributed by atoms with Crippen molar-refractivity contribution < 1.29 is 9.26 Å². The number of aromatic nitrogens is 6. The minimum absolute atomic E-state index is 0.0792. The topological polar surface area (TPSA) is 129 Å². The fourth-order valence-electron chi connectivity index (χ4n) is 3.92. The number of fused-ring (bicyclic) bond motifs is 1. The zero-order valence-corrected chi connectivity index (χ0v) is 19.3. The van der Waals surface area contributed by atoms with Gasteiger partial charge in [-0.2, -0.15) is 4.98 Å². The molecule has 0 saturated heterocycles. The molecule has 34 heavy (non-hydrogen) atoms. The Morgan fingerprint density at radius 1 is 1.15 bits per heavy atom. The maximum absolute atomic E-state index is 12.8. The Balaban J connectivity index is 1.35. The van der Waals surface area contributed by atoms with Crippen molar-refractivity contribution in [3.8, 4) is 17.1 Å². The third kappa shape index (κ3) is 3.89. The Morgan fingerprint density at radius 3 is 2.74 bits per heavy atom. The normalized spacial score (nSPS) is 15.7. The van der Waals surface area contributed by atoms with Gasteiger partial charge in [-0.25, -0.2) is 14.8 Å². The SMILES string of the molecule is CCOc1ccccc1-c1noc(CSc2nc(C3CC3)nc3c2c(=O)[nH]c(=O)n3C2CC2)n1. The van der Waals surface area contributed by atoms with Crippen molar-refractivity contribution in [2.45, 2.75) is 55.3 Å². The Morgan fingerprint density at radius 2 is 1.97 bits per heavy atom.